The molecular formula is C9H14NS+. The first-order chi connectivity index (χ1) is 5.16. The van der Waals surface area contributed by atoms with Gasteiger partial charge in [-0.05, 0) is 13.0 Å². The van der Waals surface area contributed by atoms with Crippen LogP contribution < -0.4 is 0 Å². The third-order valence-electron chi connectivity index (χ3n) is 1.85. The van der Waals surface area contributed by atoms with E-state index in [1.54, 1.807) is 0 Å². The van der Waals surface area contributed by atoms with E-state index in [1.165, 1.54) is 15.6 Å². The van der Waals surface area contributed by atoms with Crippen molar-refractivity contribution in [3.05, 3.63) is 28.2 Å². The topological polar surface area (TPSA) is 12.9 Å². The van der Waals surface area contributed by atoms with Gasteiger partial charge in [0.25, 0.3) is 0 Å². The highest BCUT2D eigenvalue weighted by Gasteiger charge is 2.17. The highest BCUT2D eigenvalue weighted by molar-refractivity contribution is 7.31. The van der Waals surface area contributed by atoms with Gasteiger partial charge in [0.2, 0.25) is 5.01 Å². The van der Waals surface area contributed by atoms with Gasteiger partial charge < -0.3 is 0 Å². The Balaban J connectivity index is 3.11. The van der Waals surface area contributed by atoms with Gasteiger partial charge in [0, 0.05) is 24.3 Å². The Labute approximate surface area is 70.8 Å². The molecule has 0 aliphatic carbocycles. The van der Waals surface area contributed by atoms with Gasteiger partial charge >= 0.3 is 0 Å². The van der Waals surface area contributed by atoms with Gasteiger partial charge in [-0.25, -0.2) is 4.98 Å². The lowest BCUT2D eigenvalue weighted by Gasteiger charge is -1.84. The predicted molar refractivity (Wildman–Crippen MR) is 51.1 cm³/mol. The third-order valence-corrected chi connectivity index (χ3v) is 4.25. The summed E-state index contributed by atoms with van der Waals surface area (Å²) in [6, 6.07) is 0. The maximum absolute atomic E-state index is 4.43. The van der Waals surface area contributed by atoms with Gasteiger partial charge in [-0.1, -0.05) is 6.58 Å². The van der Waals surface area contributed by atoms with E-state index in [-0.39, 0.29) is 10.5 Å². The molecule has 1 unspecified atom stereocenters. The first-order valence-corrected chi connectivity index (χ1v) is 5.10. The fraction of sp³-hybridized carbons (Fsp3) is 0.444. The summed E-state index contributed by atoms with van der Waals surface area (Å²) in [5.41, 5.74) is 1.20. The number of hydrogen-bond acceptors (Lipinski definition) is 1. The van der Waals surface area contributed by atoms with Gasteiger partial charge in [-0.15, -0.1) is 0 Å². The molecule has 1 atom stereocenters. The molecule has 0 N–H and O–H groups in total. The van der Waals surface area contributed by atoms with E-state index in [2.05, 4.69) is 32.3 Å². The smallest absolute Gasteiger partial charge is 0.202 e. The maximum Gasteiger partial charge on any atom is 0.239 e. The Bertz CT molecular complexity index is 273. The zero-order chi connectivity index (χ0) is 8.43. The van der Waals surface area contributed by atoms with Crippen LogP contribution >= 0.6 is 10.5 Å². The van der Waals surface area contributed by atoms with Crippen molar-refractivity contribution in [1.29, 1.82) is 0 Å². The van der Waals surface area contributed by atoms with Gasteiger partial charge in [0.15, 0.2) is 4.88 Å². The van der Waals surface area contributed by atoms with Crippen LogP contribution in [0.4, 0.5) is 0 Å². The predicted octanol–water partition coefficient (Wildman–Crippen LogP) is 2.94. The summed E-state index contributed by atoms with van der Waals surface area (Å²) in [6.45, 7) is 10.1. The Kier molecular flexibility index (Phi) is 2.45. The SMILES string of the molecule is C=CC[s+]1c(C)nc(C)c1C. The zero-order valence-corrected chi connectivity index (χ0v) is 8.16. The van der Waals surface area contributed by atoms with Crippen LogP contribution in [0.15, 0.2) is 12.7 Å². The largest absolute Gasteiger partial charge is 0.239 e. The Morgan fingerprint density at radius 2 is 2.09 bits per heavy atom. The van der Waals surface area contributed by atoms with E-state index >= 15 is 0 Å². The second kappa shape index (κ2) is 3.18. The molecule has 1 heterocycles. The summed E-state index contributed by atoms with van der Waals surface area (Å²) in [4.78, 5) is 5.86. The van der Waals surface area contributed by atoms with Crippen LogP contribution in [0.25, 0.3) is 0 Å². The summed E-state index contributed by atoms with van der Waals surface area (Å²) in [5.74, 6) is 1.05. The minimum absolute atomic E-state index is 0.265. The molecule has 0 saturated heterocycles. The van der Waals surface area contributed by atoms with Crippen molar-refractivity contribution in [2.75, 3.05) is 0 Å². The van der Waals surface area contributed by atoms with Crippen LogP contribution in [0.1, 0.15) is 15.6 Å². The van der Waals surface area contributed by atoms with Gasteiger partial charge in [-0.2, -0.15) is 0 Å². The van der Waals surface area contributed by atoms with Crippen molar-refractivity contribution in [3.63, 3.8) is 0 Å². The van der Waals surface area contributed by atoms with E-state index in [1.807, 2.05) is 6.08 Å². The Hall–Kier alpha value is -0.630. The molecule has 0 spiro atoms. The van der Waals surface area contributed by atoms with E-state index in [9.17, 15) is 0 Å². The second-order valence-electron chi connectivity index (χ2n) is 2.62. The van der Waals surface area contributed by atoms with Crippen molar-refractivity contribution in [1.82, 2.24) is 4.98 Å². The van der Waals surface area contributed by atoms with E-state index in [0.717, 1.165) is 5.75 Å². The normalized spacial score (nSPS) is 11.7. The van der Waals surface area contributed by atoms with Crippen molar-refractivity contribution in [2.45, 2.75) is 26.5 Å². The molecule has 0 aliphatic heterocycles. The molecule has 11 heavy (non-hydrogen) atoms. The van der Waals surface area contributed by atoms with Crippen molar-refractivity contribution < 1.29 is 0 Å². The van der Waals surface area contributed by atoms with Crippen LogP contribution in [0.2, 0.25) is 0 Å². The lowest BCUT2D eigenvalue weighted by molar-refractivity contribution is 1.18. The van der Waals surface area contributed by atoms with Gasteiger partial charge in [0.1, 0.15) is 5.75 Å². The molecule has 0 radical (unpaired) electrons. The Morgan fingerprint density at radius 1 is 1.45 bits per heavy atom. The molecular weight excluding hydrogens is 154 g/mol. The second-order valence-corrected chi connectivity index (χ2v) is 4.94. The van der Waals surface area contributed by atoms with E-state index < -0.39 is 0 Å². The Morgan fingerprint density at radius 3 is 2.45 bits per heavy atom. The quantitative estimate of drug-likeness (QED) is 0.488. The molecule has 1 rings (SSSR count). The number of aromatic nitrogens is 1. The number of hydrogen-bond donors (Lipinski definition) is 0. The van der Waals surface area contributed by atoms with Crippen LogP contribution in [0.5, 0.6) is 0 Å². The van der Waals surface area contributed by atoms with Crippen LogP contribution in [-0.4, -0.2) is 4.98 Å². The number of nitrogens with zero attached hydrogens (tertiary/aromatic N) is 1. The average molecular weight is 168 g/mol. The van der Waals surface area contributed by atoms with Crippen LogP contribution in [0.3, 0.4) is 0 Å². The minimum Gasteiger partial charge on any atom is -0.202 e. The number of rotatable bonds is 2. The molecule has 1 aromatic rings. The highest BCUT2D eigenvalue weighted by Crippen LogP contribution is 2.30. The lowest BCUT2D eigenvalue weighted by atomic mass is 10.4. The summed E-state index contributed by atoms with van der Waals surface area (Å²) in [7, 11) is 0.265. The molecule has 0 fully saturated rings. The molecule has 0 amide bonds. The molecule has 0 aliphatic rings. The molecule has 1 aromatic heterocycles. The third kappa shape index (κ3) is 1.51. The minimum atomic E-state index is 0.265. The fourth-order valence-electron chi connectivity index (χ4n) is 1.13. The molecule has 0 saturated carbocycles. The van der Waals surface area contributed by atoms with Gasteiger partial charge in [-0.3, -0.25) is 0 Å². The average Bonchev–Trinajstić information content (AvgIpc) is 2.17. The van der Waals surface area contributed by atoms with Crippen molar-refractivity contribution in [2.24, 2.45) is 0 Å². The van der Waals surface area contributed by atoms with Crippen molar-refractivity contribution >= 4 is 10.5 Å². The van der Waals surface area contributed by atoms with E-state index in [4.69, 9.17) is 0 Å². The number of thiazole rings is 1. The van der Waals surface area contributed by atoms with E-state index in [0.29, 0.717) is 0 Å². The maximum atomic E-state index is 4.43. The number of aryl methyl sites for hydroxylation is 2. The molecule has 0 bridgehead atoms. The summed E-state index contributed by atoms with van der Waals surface area (Å²) >= 11 is 0. The van der Waals surface area contributed by atoms with Crippen LogP contribution in [-0.2, 0) is 5.75 Å². The molecule has 1 nitrogen and oxygen atoms in total. The standard InChI is InChI=1S/C9H14NS/c1-5-6-11-8(3)7(2)10-9(11)4/h5H,1,6H2,2-4H3/q+1. The summed E-state index contributed by atoms with van der Waals surface area (Å²) in [5, 5.41) is 1.26. The number of allylic oxidation sites excluding steroid dienone is 1. The fourth-order valence-corrected chi connectivity index (χ4v) is 2.95. The lowest BCUT2D eigenvalue weighted by Crippen LogP contribution is -1.72. The highest BCUT2D eigenvalue weighted by atomic mass is 32.2. The first kappa shape index (κ1) is 8.47. The molecule has 2 heteroatoms. The molecule has 60 valence electrons. The summed E-state index contributed by atoms with van der Waals surface area (Å²) in [6.07, 6.45) is 1.98. The summed E-state index contributed by atoms with van der Waals surface area (Å²) < 4.78 is 0. The molecule has 0 aromatic carbocycles. The van der Waals surface area contributed by atoms with Gasteiger partial charge in [0.05, 0.1) is 5.69 Å². The van der Waals surface area contributed by atoms with Crippen LogP contribution in [0, 0.1) is 20.8 Å². The zero-order valence-electron chi connectivity index (χ0n) is 7.35. The monoisotopic (exact) mass is 168 g/mol. The first-order valence-electron chi connectivity index (χ1n) is 3.71. The van der Waals surface area contributed by atoms with Crippen molar-refractivity contribution in [3.8, 4) is 0 Å².